The Balaban J connectivity index is 2.53. The highest BCUT2D eigenvalue weighted by atomic mass is 35.5. The van der Waals surface area contributed by atoms with E-state index in [0.29, 0.717) is 5.88 Å². The number of nitrogens with zero attached hydrogens (tertiary/aromatic N) is 2. The van der Waals surface area contributed by atoms with E-state index >= 15 is 0 Å². The van der Waals surface area contributed by atoms with Crippen molar-refractivity contribution >= 4 is 22.9 Å². The number of thiophene rings is 1. The Hall–Kier alpha value is -0.930. The number of aryl methyl sites for hydroxylation is 2. The van der Waals surface area contributed by atoms with Gasteiger partial charge in [0.05, 0.1) is 11.6 Å². The molecule has 0 N–H and O–H groups in total. The van der Waals surface area contributed by atoms with Crippen molar-refractivity contribution in [1.82, 2.24) is 9.97 Å². The Kier molecular flexibility index (Phi) is 3.03. The van der Waals surface area contributed by atoms with E-state index in [0.717, 1.165) is 22.8 Å². The quantitative estimate of drug-likeness (QED) is 0.748. The van der Waals surface area contributed by atoms with E-state index in [4.69, 9.17) is 11.6 Å². The summed E-state index contributed by atoms with van der Waals surface area (Å²) in [7, 11) is 0. The average Bonchev–Trinajstić information content (AvgIpc) is 2.63. The van der Waals surface area contributed by atoms with Gasteiger partial charge in [-0.3, -0.25) is 0 Å². The largest absolute Gasteiger partial charge is 0.233 e. The number of alkyl halides is 1. The smallest absolute Gasteiger partial charge is 0.160 e. The summed E-state index contributed by atoms with van der Waals surface area (Å²) in [4.78, 5) is 8.84. The summed E-state index contributed by atoms with van der Waals surface area (Å²) in [6, 6.07) is 1.91. The van der Waals surface area contributed by atoms with Crippen molar-refractivity contribution in [1.29, 1.82) is 0 Å². The predicted molar refractivity (Wildman–Crippen MR) is 64.4 cm³/mol. The molecule has 0 aliphatic heterocycles. The molecule has 2 nitrogen and oxygen atoms in total. The van der Waals surface area contributed by atoms with Crippen molar-refractivity contribution in [2.75, 3.05) is 0 Å². The fraction of sp³-hybridized carbons (Fsp3) is 0.273. The van der Waals surface area contributed by atoms with Gasteiger partial charge in [-0.2, -0.15) is 11.3 Å². The van der Waals surface area contributed by atoms with Crippen LogP contribution in [-0.2, 0) is 5.88 Å². The van der Waals surface area contributed by atoms with Crippen LogP contribution >= 0.6 is 22.9 Å². The van der Waals surface area contributed by atoms with Gasteiger partial charge in [0.25, 0.3) is 0 Å². The van der Waals surface area contributed by atoms with Crippen LogP contribution in [0.3, 0.4) is 0 Å². The fourth-order valence-corrected chi connectivity index (χ4v) is 2.38. The molecule has 0 radical (unpaired) electrons. The Morgan fingerprint density at radius 3 is 2.67 bits per heavy atom. The van der Waals surface area contributed by atoms with Crippen LogP contribution in [0.2, 0.25) is 0 Å². The number of hydrogen-bond donors (Lipinski definition) is 0. The molecule has 0 unspecified atom stereocenters. The summed E-state index contributed by atoms with van der Waals surface area (Å²) in [5.41, 5.74) is 4.16. The molecular formula is C11H11ClN2S. The Morgan fingerprint density at radius 1 is 1.27 bits per heavy atom. The van der Waals surface area contributed by atoms with Gasteiger partial charge in [-0.25, -0.2) is 9.97 Å². The summed E-state index contributed by atoms with van der Waals surface area (Å²) in [6.07, 6.45) is 0. The normalized spacial score (nSPS) is 10.6. The van der Waals surface area contributed by atoms with E-state index in [1.54, 1.807) is 11.3 Å². The Labute approximate surface area is 98.0 Å². The summed E-state index contributed by atoms with van der Waals surface area (Å²) < 4.78 is 0. The first kappa shape index (κ1) is 10.6. The van der Waals surface area contributed by atoms with Crippen molar-refractivity contribution in [2.45, 2.75) is 19.7 Å². The molecular weight excluding hydrogens is 228 g/mol. The molecule has 0 fully saturated rings. The second-order valence-corrected chi connectivity index (χ2v) is 4.44. The predicted octanol–water partition coefficient (Wildman–Crippen LogP) is 3.56. The second kappa shape index (κ2) is 4.29. The third-order valence-electron chi connectivity index (χ3n) is 2.14. The molecule has 2 aromatic heterocycles. The molecule has 0 amide bonds. The third-order valence-corrected chi connectivity index (χ3v) is 3.28. The maximum atomic E-state index is 5.78. The SMILES string of the molecule is Cc1cc(CCl)nc(-c2cscc2C)n1. The molecule has 0 saturated carbocycles. The highest BCUT2D eigenvalue weighted by Crippen LogP contribution is 2.24. The fourth-order valence-electron chi connectivity index (χ4n) is 1.41. The van der Waals surface area contributed by atoms with Gasteiger partial charge in [0.1, 0.15) is 0 Å². The zero-order valence-electron chi connectivity index (χ0n) is 8.62. The number of hydrogen-bond acceptors (Lipinski definition) is 3. The zero-order chi connectivity index (χ0) is 10.8. The summed E-state index contributed by atoms with van der Waals surface area (Å²) in [5, 5.41) is 4.17. The van der Waals surface area contributed by atoms with Gasteiger partial charge >= 0.3 is 0 Å². The van der Waals surface area contributed by atoms with Gasteiger partial charge in [0, 0.05) is 16.6 Å². The van der Waals surface area contributed by atoms with E-state index in [1.807, 2.05) is 13.0 Å². The minimum absolute atomic E-state index is 0.430. The van der Waals surface area contributed by atoms with Gasteiger partial charge < -0.3 is 0 Å². The maximum absolute atomic E-state index is 5.78. The zero-order valence-corrected chi connectivity index (χ0v) is 10.2. The van der Waals surface area contributed by atoms with Gasteiger partial charge in [0.15, 0.2) is 5.82 Å². The molecule has 0 aliphatic rings. The summed E-state index contributed by atoms with van der Waals surface area (Å²) >= 11 is 7.45. The van der Waals surface area contributed by atoms with Gasteiger partial charge in [-0.05, 0) is 30.9 Å². The molecule has 0 aliphatic carbocycles. The number of rotatable bonds is 2. The molecule has 0 saturated heterocycles. The van der Waals surface area contributed by atoms with Crippen molar-refractivity contribution in [3.05, 3.63) is 33.8 Å². The lowest BCUT2D eigenvalue weighted by Gasteiger charge is -2.03. The van der Waals surface area contributed by atoms with Gasteiger partial charge in [-0.1, -0.05) is 0 Å². The third kappa shape index (κ3) is 2.19. The van der Waals surface area contributed by atoms with Gasteiger partial charge in [-0.15, -0.1) is 11.6 Å². The molecule has 0 spiro atoms. The molecule has 15 heavy (non-hydrogen) atoms. The van der Waals surface area contributed by atoms with Crippen LogP contribution in [0.4, 0.5) is 0 Å². The summed E-state index contributed by atoms with van der Waals surface area (Å²) in [5.74, 6) is 1.21. The lowest BCUT2D eigenvalue weighted by Crippen LogP contribution is -1.96. The first-order valence-corrected chi connectivity index (χ1v) is 6.12. The molecule has 0 aromatic carbocycles. The van der Waals surface area contributed by atoms with Gasteiger partial charge in [0.2, 0.25) is 0 Å². The molecule has 2 heterocycles. The van der Waals surface area contributed by atoms with Crippen molar-refractivity contribution in [3.8, 4) is 11.4 Å². The van der Waals surface area contributed by atoms with Crippen LogP contribution in [0.5, 0.6) is 0 Å². The second-order valence-electron chi connectivity index (χ2n) is 3.43. The van der Waals surface area contributed by atoms with E-state index in [2.05, 4.69) is 27.7 Å². The highest BCUT2D eigenvalue weighted by molar-refractivity contribution is 7.08. The van der Waals surface area contributed by atoms with Crippen LogP contribution in [-0.4, -0.2) is 9.97 Å². The topological polar surface area (TPSA) is 25.8 Å². The van der Waals surface area contributed by atoms with Crippen LogP contribution in [0.25, 0.3) is 11.4 Å². The molecule has 0 bridgehead atoms. The van der Waals surface area contributed by atoms with Crippen LogP contribution in [0, 0.1) is 13.8 Å². The van der Waals surface area contributed by atoms with Crippen molar-refractivity contribution < 1.29 is 0 Å². The average molecular weight is 239 g/mol. The minimum Gasteiger partial charge on any atom is -0.233 e. The highest BCUT2D eigenvalue weighted by Gasteiger charge is 2.07. The molecule has 0 atom stereocenters. The number of halogens is 1. The lowest BCUT2D eigenvalue weighted by atomic mass is 10.2. The van der Waals surface area contributed by atoms with Crippen molar-refractivity contribution in [2.24, 2.45) is 0 Å². The maximum Gasteiger partial charge on any atom is 0.160 e. The van der Waals surface area contributed by atoms with E-state index in [1.165, 1.54) is 5.56 Å². The molecule has 2 rings (SSSR count). The molecule has 2 aromatic rings. The van der Waals surface area contributed by atoms with E-state index in [9.17, 15) is 0 Å². The lowest BCUT2D eigenvalue weighted by molar-refractivity contribution is 1.05. The minimum atomic E-state index is 0.430. The van der Waals surface area contributed by atoms with Crippen LogP contribution in [0.1, 0.15) is 17.0 Å². The Bertz CT molecular complexity index is 479. The molecule has 4 heteroatoms. The summed E-state index contributed by atoms with van der Waals surface area (Å²) in [6.45, 7) is 4.03. The Morgan fingerprint density at radius 2 is 2.07 bits per heavy atom. The first-order chi connectivity index (χ1) is 7.20. The van der Waals surface area contributed by atoms with E-state index < -0.39 is 0 Å². The first-order valence-electron chi connectivity index (χ1n) is 4.64. The van der Waals surface area contributed by atoms with E-state index in [-0.39, 0.29) is 0 Å². The standard InChI is InChI=1S/C11H11ClN2S/c1-7-5-15-6-10(7)11-13-8(2)3-9(4-12)14-11/h3,5-6H,4H2,1-2H3. The molecule has 78 valence electrons. The van der Waals surface area contributed by atoms with Crippen molar-refractivity contribution in [3.63, 3.8) is 0 Å². The van der Waals surface area contributed by atoms with Crippen LogP contribution < -0.4 is 0 Å². The number of aromatic nitrogens is 2. The monoisotopic (exact) mass is 238 g/mol. The van der Waals surface area contributed by atoms with Crippen LogP contribution in [0.15, 0.2) is 16.8 Å².